The molecule has 2 saturated carbocycles. The van der Waals surface area contributed by atoms with E-state index in [2.05, 4.69) is 16.0 Å². The number of Topliss-reactive ketones (excluding diaryl/α,β-unsaturated/α-hetero) is 1. The van der Waals surface area contributed by atoms with Crippen LogP contribution in [0.1, 0.15) is 78.1 Å². The summed E-state index contributed by atoms with van der Waals surface area (Å²) >= 11 is 1.55. The van der Waals surface area contributed by atoms with Gasteiger partial charge in [0, 0.05) is 6.04 Å². The van der Waals surface area contributed by atoms with Crippen molar-refractivity contribution in [3.05, 3.63) is 0 Å². The number of carbonyl (C=O) groups is 4. The van der Waals surface area contributed by atoms with Gasteiger partial charge in [0.2, 0.25) is 11.7 Å². The lowest BCUT2D eigenvalue weighted by Crippen LogP contribution is -2.62. The Bertz CT molecular complexity index is 658. The van der Waals surface area contributed by atoms with E-state index in [-0.39, 0.29) is 18.6 Å². The average Bonchev–Trinajstić information content (AvgIpc) is 3.28. The molecule has 2 aliphatic carbocycles. The molecule has 0 spiro atoms. The molecule has 0 saturated heterocycles. The molecule has 0 aliphatic heterocycles. The number of alkyl carbamates (subject to hydrolysis) is 1. The zero-order valence-electron chi connectivity index (χ0n) is 19.7. The summed E-state index contributed by atoms with van der Waals surface area (Å²) in [4.78, 5) is 51.2. The summed E-state index contributed by atoms with van der Waals surface area (Å²) in [5.41, 5.74) is -1.12. The number of nitrogens with one attached hydrogen (secondary N) is 3. The topological polar surface area (TPSA) is 114 Å². The number of thioether (sulfide) groups is 1. The predicted octanol–water partition coefficient (Wildman–Crippen LogP) is 2.94. The minimum atomic E-state index is -1.12. The molecule has 182 valence electrons. The highest BCUT2D eigenvalue weighted by molar-refractivity contribution is 7.98. The molecule has 3 amide bonds. The maximum Gasteiger partial charge on any atom is 0.408 e. The smallest absolute Gasteiger partial charge is 0.408 e. The lowest BCUT2D eigenvalue weighted by atomic mass is 9.80. The van der Waals surface area contributed by atoms with E-state index in [1.165, 1.54) is 0 Å². The van der Waals surface area contributed by atoms with E-state index >= 15 is 0 Å². The summed E-state index contributed by atoms with van der Waals surface area (Å²) in [5, 5.41) is 8.41. The number of amides is 3. The third kappa shape index (κ3) is 7.98. The summed E-state index contributed by atoms with van der Waals surface area (Å²) in [5.74, 6) is -0.849. The molecule has 0 radical (unpaired) electrons. The van der Waals surface area contributed by atoms with Crippen LogP contribution in [0.3, 0.4) is 0 Å². The molecule has 2 rings (SSSR count). The Balaban J connectivity index is 2.08. The van der Waals surface area contributed by atoms with Gasteiger partial charge >= 0.3 is 6.09 Å². The zero-order valence-corrected chi connectivity index (χ0v) is 20.5. The second-order valence-corrected chi connectivity index (χ2v) is 10.4. The zero-order chi connectivity index (χ0) is 23.6. The summed E-state index contributed by atoms with van der Waals surface area (Å²) in [6, 6.07) is -0.880. The first-order valence-corrected chi connectivity index (χ1v) is 13.3. The molecule has 0 aromatic rings. The van der Waals surface area contributed by atoms with Gasteiger partial charge in [-0.05, 0) is 50.0 Å². The minimum absolute atomic E-state index is 0.0328. The summed E-state index contributed by atoms with van der Waals surface area (Å²) in [6.45, 7) is 4.14. The van der Waals surface area contributed by atoms with E-state index in [4.69, 9.17) is 4.74 Å². The Labute approximate surface area is 195 Å². The van der Waals surface area contributed by atoms with Gasteiger partial charge in [-0.2, -0.15) is 11.8 Å². The third-order valence-corrected chi connectivity index (χ3v) is 6.82. The number of rotatable bonds is 11. The molecule has 2 aliphatic rings. The summed E-state index contributed by atoms with van der Waals surface area (Å²) < 4.78 is 5.25. The monoisotopic (exact) mass is 469 g/mol. The number of hydrogen-bond acceptors (Lipinski definition) is 6. The third-order valence-electron chi connectivity index (χ3n) is 6.18. The number of ketones is 1. The fraction of sp³-hybridized carbons (Fsp3) is 0.826. The Kier molecular flexibility index (Phi) is 10.8. The number of ether oxygens (including phenoxy) is 1. The van der Waals surface area contributed by atoms with Gasteiger partial charge in [-0.3, -0.25) is 14.4 Å². The van der Waals surface area contributed by atoms with Crippen LogP contribution < -0.4 is 16.0 Å². The van der Waals surface area contributed by atoms with Crippen molar-refractivity contribution in [1.82, 2.24) is 16.0 Å². The minimum Gasteiger partial charge on any atom is -0.449 e. The molecule has 0 aromatic carbocycles. The highest BCUT2D eigenvalue weighted by Gasteiger charge is 2.43. The Morgan fingerprint density at radius 3 is 2.28 bits per heavy atom. The lowest BCUT2D eigenvalue weighted by Gasteiger charge is -2.37. The van der Waals surface area contributed by atoms with Crippen molar-refractivity contribution in [2.75, 3.05) is 18.6 Å². The van der Waals surface area contributed by atoms with Crippen LogP contribution >= 0.6 is 11.8 Å². The van der Waals surface area contributed by atoms with Crippen LogP contribution in [0, 0.1) is 5.92 Å². The quantitative estimate of drug-likeness (QED) is 0.401. The molecule has 0 unspecified atom stereocenters. The van der Waals surface area contributed by atoms with Crippen LogP contribution in [-0.2, 0) is 19.1 Å². The van der Waals surface area contributed by atoms with Gasteiger partial charge in [0.1, 0.15) is 5.54 Å². The van der Waals surface area contributed by atoms with E-state index in [0.717, 1.165) is 44.9 Å². The molecule has 0 heterocycles. The van der Waals surface area contributed by atoms with E-state index in [9.17, 15) is 19.2 Å². The van der Waals surface area contributed by atoms with Crippen LogP contribution in [0.15, 0.2) is 0 Å². The molecule has 1 atom stereocenters. The van der Waals surface area contributed by atoms with Crippen molar-refractivity contribution in [1.29, 1.82) is 0 Å². The Morgan fingerprint density at radius 1 is 1.03 bits per heavy atom. The largest absolute Gasteiger partial charge is 0.449 e. The van der Waals surface area contributed by atoms with Gasteiger partial charge in [-0.25, -0.2) is 4.79 Å². The van der Waals surface area contributed by atoms with Crippen LogP contribution in [-0.4, -0.2) is 59.9 Å². The Hall–Kier alpha value is -1.77. The van der Waals surface area contributed by atoms with E-state index in [0.29, 0.717) is 25.0 Å². The number of carbonyl (C=O) groups excluding carboxylic acids is 4. The summed E-state index contributed by atoms with van der Waals surface area (Å²) in [7, 11) is 0. The van der Waals surface area contributed by atoms with Crippen LogP contribution in [0.5, 0.6) is 0 Å². The van der Waals surface area contributed by atoms with Gasteiger partial charge in [-0.15, -0.1) is 0 Å². The van der Waals surface area contributed by atoms with Gasteiger partial charge in [-0.1, -0.05) is 46.0 Å². The van der Waals surface area contributed by atoms with Crippen molar-refractivity contribution in [3.63, 3.8) is 0 Å². The van der Waals surface area contributed by atoms with E-state index < -0.39 is 35.3 Å². The van der Waals surface area contributed by atoms with Gasteiger partial charge in [0.15, 0.2) is 0 Å². The predicted molar refractivity (Wildman–Crippen MR) is 125 cm³/mol. The molecule has 3 N–H and O–H groups in total. The molecule has 0 bridgehead atoms. The molecule has 2 fully saturated rings. The van der Waals surface area contributed by atoms with Gasteiger partial charge < -0.3 is 20.7 Å². The molecular formula is C23H39N3O5S. The molecular weight excluding hydrogens is 430 g/mol. The van der Waals surface area contributed by atoms with Gasteiger partial charge in [0.05, 0.1) is 12.6 Å². The van der Waals surface area contributed by atoms with Crippen molar-refractivity contribution in [2.24, 2.45) is 5.92 Å². The molecule has 9 heteroatoms. The maximum absolute atomic E-state index is 13.4. The first kappa shape index (κ1) is 26.5. The number of hydrogen-bond donors (Lipinski definition) is 3. The second-order valence-electron chi connectivity index (χ2n) is 9.39. The fourth-order valence-corrected chi connectivity index (χ4v) is 4.80. The summed E-state index contributed by atoms with van der Waals surface area (Å²) in [6.07, 6.45) is 9.04. The SMILES string of the molecule is CSCC[C@H](NC(=O)C1(NC(=O)OCC(C)C)CCCCC1)C(=O)C(=O)NC1CCCC1. The fourth-order valence-electron chi connectivity index (χ4n) is 4.32. The van der Waals surface area contributed by atoms with Crippen molar-refractivity contribution < 1.29 is 23.9 Å². The standard InChI is InChI=1S/C23H39N3O5S/c1-16(2)15-31-22(30)26-23(12-7-4-8-13-23)21(29)25-18(11-14-32-3)19(27)20(28)24-17-9-5-6-10-17/h16-18H,4-15H2,1-3H3,(H,24,28)(H,25,29)(H,26,30)/t18-/m0/s1. The van der Waals surface area contributed by atoms with Crippen molar-refractivity contribution >= 4 is 35.5 Å². The molecule has 32 heavy (non-hydrogen) atoms. The van der Waals surface area contributed by atoms with E-state index in [1.807, 2.05) is 20.1 Å². The first-order valence-electron chi connectivity index (χ1n) is 11.9. The second kappa shape index (κ2) is 13.1. The van der Waals surface area contributed by atoms with Gasteiger partial charge in [0.25, 0.3) is 5.91 Å². The molecule has 8 nitrogen and oxygen atoms in total. The first-order chi connectivity index (χ1) is 15.3. The molecule has 0 aromatic heterocycles. The van der Waals surface area contributed by atoms with Crippen LogP contribution in [0.4, 0.5) is 4.79 Å². The lowest BCUT2D eigenvalue weighted by molar-refractivity contribution is -0.141. The van der Waals surface area contributed by atoms with Crippen molar-refractivity contribution in [3.8, 4) is 0 Å². The van der Waals surface area contributed by atoms with E-state index in [1.54, 1.807) is 11.8 Å². The highest BCUT2D eigenvalue weighted by Crippen LogP contribution is 2.29. The Morgan fingerprint density at radius 2 is 1.69 bits per heavy atom. The highest BCUT2D eigenvalue weighted by atomic mass is 32.2. The maximum atomic E-state index is 13.4. The average molecular weight is 470 g/mol. The van der Waals surface area contributed by atoms with Crippen molar-refractivity contribution in [2.45, 2.75) is 95.7 Å². The normalized spacial score (nSPS) is 19.2. The van der Waals surface area contributed by atoms with Crippen LogP contribution in [0.25, 0.3) is 0 Å². The van der Waals surface area contributed by atoms with Crippen LogP contribution in [0.2, 0.25) is 0 Å².